The molecular formula is C14H30O5Ti. The molecule has 0 aromatic rings. The normalized spacial score (nSPS) is 9.75. The molecular weight excluding hydrogens is 296 g/mol. The van der Waals surface area contributed by atoms with Crippen LogP contribution in [0.3, 0.4) is 0 Å². The molecule has 0 amide bonds. The Hall–Kier alpha value is -0.226. The van der Waals surface area contributed by atoms with Crippen LogP contribution in [-0.4, -0.2) is 39.3 Å². The van der Waals surface area contributed by atoms with Crippen molar-refractivity contribution < 1.29 is 46.6 Å². The summed E-state index contributed by atoms with van der Waals surface area (Å²) in [6.07, 6.45) is 0.405. The maximum Gasteiger partial charge on any atom is 0.317 e. The van der Waals surface area contributed by atoms with E-state index in [0.29, 0.717) is 12.8 Å². The van der Waals surface area contributed by atoms with Crippen molar-refractivity contribution in [3.8, 4) is 0 Å². The fourth-order valence-electron chi connectivity index (χ4n) is 1.20. The molecule has 20 heavy (non-hydrogen) atoms. The van der Waals surface area contributed by atoms with Gasteiger partial charge in [-0.15, -0.1) is 0 Å². The third-order valence-electron chi connectivity index (χ3n) is 2.29. The zero-order valence-electron chi connectivity index (χ0n) is 13.7. The Bertz CT molecular complexity index is 220. The predicted molar refractivity (Wildman–Crippen MR) is 76.0 cm³/mol. The van der Waals surface area contributed by atoms with Crippen LogP contribution in [0.2, 0.25) is 0 Å². The van der Waals surface area contributed by atoms with Gasteiger partial charge in [0.25, 0.3) is 0 Å². The first-order valence-electron chi connectivity index (χ1n) is 6.58. The van der Waals surface area contributed by atoms with Crippen LogP contribution >= 0.6 is 0 Å². The average Bonchev–Trinajstić information content (AvgIpc) is 2.17. The summed E-state index contributed by atoms with van der Waals surface area (Å²) in [5.41, 5.74) is -1.14. The maximum absolute atomic E-state index is 11.0. The van der Waals surface area contributed by atoms with Crippen molar-refractivity contribution >= 4 is 11.8 Å². The molecule has 0 aliphatic rings. The summed E-state index contributed by atoms with van der Waals surface area (Å²) in [5, 5.41) is 24.9. The third kappa shape index (κ3) is 15.8. The van der Waals surface area contributed by atoms with E-state index < -0.39 is 11.4 Å². The van der Waals surface area contributed by atoms with Crippen molar-refractivity contribution in [2.45, 2.75) is 73.5 Å². The van der Waals surface area contributed by atoms with E-state index in [1.807, 2.05) is 0 Å². The second-order valence-electron chi connectivity index (χ2n) is 4.84. The molecule has 0 saturated heterocycles. The number of aliphatic hydroxyl groups is 2. The van der Waals surface area contributed by atoms with Gasteiger partial charge in [-0.05, 0) is 47.5 Å². The Morgan fingerprint density at radius 2 is 1.15 bits per heavy atom. The quantitative estimate of drug-likeness (QED) is 0.544. The van der Waals surface area contributed by atoms with Crippen LogP contribution in [0.5, 0.6) is 0 Å². The van der Waals surface area contributed by atoms with E-state index in [-0.39, 0.29) is 39.7 Å². The number of aliphatic hydroxyl groups excluding tert-OH is 2. The number of ketones is 1. The van der Waals surface area contributed by atoms with Gasteiger partial charge in [-0.3, -0.25) is 9.59 Å². The molecule has 0 spiro atoms. The smallest absolute Gasteiger partial charge is 0.317 e. The zero-order valence-corrected chi connectivity index (χ0v) is 15.3. The van der Waals surface area contributed by atoms with Crippen molar-refractivity contribution in [2.24, 2.45) is 5.41 Å². The van der Waals surface area contributed by atoms with Crippen molar-refractivity contribution in [3.05, 3.63) is 0 Å². The van der Waals surface area contributed by atoms with Crippen molar-refractivity contribution in [3.63, 3.8) is 0 Å². The van der Waals surface area contributed by atoms with Crippen LogP contribution < -0.4 is 0 Å². The van der Waals surface area contributed by atoms with Gasteiger partial charge in [0.1, 0.15) is 11.2 Å². The summed E-state index contributed by atoms with van der Waals surface area (Å²) in [5.74, 6) is -1.26. The first-order valence-corrected chi connectivity index (χ1v) is 6.58. The largest absolute Gasteiger partial charge is 0.480 e. The van der Waals surface area contributed by atoms with Crippen LogP contribution in [-0.2, 0) is 31.3 Å². The molecule has 6 heteroatoms. The SMILES string of the molecule is CC(C)O.CC(C)O.CCC(CC)(C(C)=O)C(=O)O.[Ti]. The number of rotatable bonds is 4. The fourth-order valence-corrected chi connectivity index (χ4v) is 1.20. The monoisotopic (exact) mass is 326 g/mol. The molecule has 0 radical (unpaired) electrons. The van der Waals surface area contributed by atoms with Gasteiger partial charge in [-0.1, -0.05) is 13.8 Å². The first kappa shape index (κ1) is 28.0. The minimum Gasteiger partial charge on any atom is -0.480 e. The number of hydrogen-bond donors (Lipinski definition) is 3. The van der Waals surface area contributed by atoms with E-state index in [1.165, 1.54) is 6.92 Å². The van der Waals surface area contributed by atoms with Gasteiger partial charge in [-0.25, -0.2) is 0 Å². The summed E-state index contributed by atoms with van der Waals surface area (Å²) >= 11 is 0. The van der Waals surface area contributed by atoms with Gasteiger partial charge < -0.3 is 15.3 Å². The van der Waals surface area contributed by atoms with Gasteiger partial charge in [0.05, 0.1) is 0 Å². The summed E-state index contributed by atoms with van der Waals surface area (Å²) in [4.78, 5) is 21.7. The minimum absolute atomic E-state index is 0. The topological polar surface area (TPSA) is 94.8 Å². The Morgan fingerprint density at radius 3 is 1.15 bits per heavy atom. The van der Waals surface area contributed by atoms with E-state index in [4.69, 9.17) is 15.3 Å². The summed E-state index contributed by atoms with van der Waals surface area (Å²) in [7, 11) is 0. The standard InChI is InChI=1S/C8H14O3.2C3H8O.Ti/c1-4-8(5-2,6(3)9)7(10)11;2*1-3(2)4;/h4-5H2,1-3H3,(H,10,11);2*3-4H,1-2H3;. The maximum atomic E-state index is 11.0. The van der Waals surface area contributed by atoms with Crippen LogP contribution in [0.4, 0.5) is 0 Å². The number of Topliss-reactive ketones (excluding diaryl/α,β-unsaturated/α-hetero) is 1. The Balaban J connectivity index is -0.000000119. The fraction of sp³-hybridized carbons (Fsp3) is 0.857. The average molecular weight is 326 g/mol. The molecule has 0 aromatic heterocycles. The Morgan fingerprint density at radius 1 is 0.950 bits per heavy atom. The number of carboxylic acid groups (broad SMARTS) is 1. The van der Waals surface area contributed by atoms with E-state index in [9.17, 15) is 9.59 Å². The van der Waals surface area contributed by atoms with Crippen LogP contribution in [0.15, 0.2) is 0 Å². The molecule has 3 N–H and O–H groups in total. The second-order valence-corrected chi connectivity index (χ2v) is 4.84. The van der Waals surface area contributed by atoms with Gasteiger partial charge >= 0.3 is 5.97 Å². The summed E-state index contributed by atoms with van der Waals surface area (Å²) in [6, 6.07) is 0. The molecule has 5 nitrogen and oxygen atoms in total. The van der Waals surface area contributed by atoms with Crippen LogP contribution in [0, 0.1) is 5.41 Å². The molecule has 0 bridgehead atoms. The molecule has 0 aromatic carbocycles. The molecule has 0 fully saturated rings. The number of hydrogen-bond acceptors (Lipinski definition) is 4. The van der Waals surface area contributed by atoms with E-state index in [2.05, 4.69) is 0 Å². The number of carbonyl (C=O) groups is 2. The van der Waals surface area contributed by atoms with Crippen molar-refractivity contribution in [1.29, 1.82) is 0 Å². The molecule has 0 aliphatic carbocycles. The molecule has 0 aliphatic heterocycles. The third-order valence-corrected chi connectivity index (χ3v) is 2.29. The summed E-state index contributed by atoms with van der Waals surface area (Å²) in [6.45, 7) is 11.7. The zero-order chi connectivity index (χ0) is 16.2. The molecule has 0 rings (SSSR count). The van der Waals surface area contributed by atoms with E-state index in [0.717, 1.165) is 0 Å². The molecule has 0 atom stereocenters. The van der Waals surface area contributed by atoms with Gasteiger partial charge in [-0.2, -0.15) is 0 Å². The van der Waals surface area contributed by atoms with Crippen LogP contribution in [0.1, 0.15) is 61.3 Å². The van der Waals surface area contributed by atoms with Crippen LogP contribution in [0.25, 0.3) is 0 Å². The minimum atomic E-state index is -1.14. The molecule has 0 unspecified atom stereocenters. The Labute approximate surface area is 137 Å². The first-order chi connectivity index (χ1) is 8.47. The number of aliphatic carboxylic acids is 1. The molecule has 0 heterocycles. The van der Waals surface area contributed by atoms with Gasteiger partial charge in [0.15, 0.2) is 0 Å². The van der Waals surface area contributed by atoms with Crippen molar-refractivity contribution in [1.82, 2.24) is 0 Å². The second kappa shape index (κ2) is 15.2. The predicted octanol–water partition coefficient (Wildman–Crippen LogP) is 2.24. The number of carbonyl (C=O) groups excluding carboxylic acids is 1. The number of carboxylic acids is 1. The molecule has 120 valence electrons. The van der Waals surface area contributed by atoms with E-state index >= 15 is 0 Å². The van der Waals surface area contributed by atoms with Crippen molar-refractivity contribution in [2.75, 3.05) is 0 Å². The van der Waals surface area contributed by atoms with Gasteiger partial charge in [0.2, 0.25) is 0 Å². The van der Waals surface area contributed by atoms with E-state index in [1.54, 1.807) is 41.5 Å². The Kier molecular flexibility index (Phi) is 21.2. The molecule has 0 saturated carbocycles. The summed E-state index contributed by atoms with van der Waals surface area (Å²) < 4.78 is 0. The van der Waals surface area contributed by atoms with Gasteiger partial charge in [0, 0.05) is 33.9 Å².